The molecule has 8 heteroatoms. The van der Waals surface area contributed by atoms with Crippen molar-refractivity contribution < 1.29 is 8.42 Å². The summed E-state index contributed by atoms with van der Waals surface area (Å²) in [5.41, 5.74) is 0. The maximum Gasteiger partial charge on any atom is 0.283 e. The fourth-order valence-electron chi connectivity index (χ4n) is 1.03. The number of primary sulfonamides is 1. The van der Waals surface area contributed by atoms with Gasteiger partial charge in [-0.1, -0.05) is 19.8 Å². The van der Waals surface area contributed by atoms with Crippen LogP contribution < -0.4 is 10.5 Å². The molecule has 1 aromatic rings. The third-order valence-electron chi connectivity index (χ3n) is 1.79. The third-order valence-corrected chi connectivity index (χ3v) is 2.48. The Morgan fingerprint density at radius 2 is 2.20 bits per heavy atom. The van der Waals surface area contributed by atoms with Gasteiger partial charge in [-0.25, -0.2) is 18.7 Å². The van der Waals surface area contributed by atoms with Crippen LogP contribution >= 0.6 is 0 Å². The van der Waals surface area contributed by atoms with Crippen molar-refractivity contribution in [2.24, 2.45) is 5.14 Å². The lowest BCUT2D eigenvalue weighted by Crippen LogP contribution is -2.14. The Morgan fingerprint density at radius 3 is 2.73 bits per heavy atom. The van der Waals surface area contributed by atoms with Crippen molar-refractivity contribution in [1.82, 2.24) is 15.2 Å². The monoisotopic (exact) mass is 233 g/mol. The highest BCUT2D eigenvalue weighted by atomic mass is 32.2. The van der Waals surface area contributed by atoms with Gasteiger partial charge in [-0.15, -0.1) is 5.10 Å². The highest BCUT2D eigenvalue weighted by molar-refractivity contribution is 7.89. The minimum absolute atomic E-state index is 0.329. The predicted molar refractivity (Wildman–Crippen MR) is 55.8 cm³/mol. The highest BCUT2D eigenvalue weighted by Gasteiger charge is 2.13. The first-order valence-corrected chi connectivity index (χ1v) is 6.27. The second kappa shape index (κ2) is 5.08. The van der Waals surface area contributed by atoms with Crippen LogP contribution in [0.3, 0.4) is 0 Å². The first kappa shape index (κ1) is 11.9. The topological polar surface area (TPSA) is 114 Å². The minimum atomic E-state index is -3.81. The molecule has 1 rings (SSSR count). The van der Waals surface area contributed by atoms with Gasteiger partial charge >= 0.3 is 0 Å². The largest absolute Gasteiger partial charge is 0.355 e. The van der Waals surface area contributed by atoms with Gasteiger partial charge in [0.05, 0.1) is 0 Å². The second-order valence-electron chi connectivity index (χ2n) is 3.15. The molecule has 15 heavy (non-hydrogen) atoms. The van der Waals surface area contributed by atoms with Crippen LogP contribution in [0.1, 0.15) is 26.2 Å². The molecule has 1 aromatic heterocycles. The van der Waals surface area contributed by atoms with E-state index < -0.39 is 10.0 Å². The average Bonchev–Trinajstić information content (AvgIpc) is 2.60. The number of rotatable bonds is 6. The summed E-state index contributed by atoms with van der Waals surface area (Å²) in [5.74, 6) is 0.329. The molecule has 86 valence electrons. The van der Waals surface area contributed by atoms with Crippen LogP contribution in [-0.4, -0.2) is 30.1 Å². The van der Waals surface area contributed by atoms with Crippen LogP contribution in [0.4, 0.5) is 5.95 Å². The number of nitrogens with zero attached hydrogens (tertiary/aromatic N) is 2. The highest BCUT2D eigenvalue weighted by Crippen LogP contribution is 2.03. The Kier molecular flexibility index (Phi) is 4.04. The predicted octanol–water partition coefficient (Wildman–Crippen LogP) is 0.0542. The molecule has 0 aliphatic heterocycles. The van der Waals surface area contributed by atoms with Gasteiger partial charge in [-0.2, -0.15) is 4.98 Å². The van der Waals surface area contributed by atoms with E-state index in [4.69, 9.17) is 5.14 Å². The quantitative estimate of drug-likeness (QED) is 0.601. The van der Waals surface area contributed by atoms with Crippen LogP contribution in [0.15, 0.2) is 5.16 Å². The third kappa shape index (κ3) is 3.84. The van der Waals surface area contributed by atoms with Crippen molar-refractivity contribution in [3.05, 3.63) is 0 Å². The fraction of sp³-hybridized carbons (Fsp3) is 0.714. The number of aromatic nitrogens is 3. The molecule has 7 nitrogen and oxygen atoms in total. The molecule has 0 aliphatic rings. The number of hydrogen-bond donors (Lipinski definition) is 3. The molecule has 0 spiro atoms. The summed E-state index contributed by atoms with van der Waals surface area (Å²) in [6, 6.07) is 0. The van der Waals surface area contributed by atoms with Gasteiger partial charge in [-0.3, -0.25) is 0 Å². The molecule has 0 bridgehead atoms. The van der Waals surface area contributed by atoms with Crippen LogP contribution in [0.5, 0.6) is 0 Å². The first-order valence-electron chi connectivity index (χ1n) is 4.73. The van der Waals surface area contributed by atoms with E-state index in [1.807, 2.05) is 0 Å². The summed E-state index contributed by atoms with van der Waals surface area (Å²) in [5, 5.41) is 13.3. The molecule has 0 aliphatic carbocycles. The van der Waals surface area contributed by atoms with Gasteiger partial charge in [0.1, 0.15) is 0 Å². The molecule has 0 saturated carbocycles. The van der Waals surface area contributed by atoms with E-state index in [0.29, 0.717) is 5.95 Å². The second-order valence-corrected chi connectivity index (χ2v) is 4.60. The number of H-pyrrole nitrogens is 1. The summed E-state index contributed by atoms with van der Waals surface area (Å²) < 4.78 is 21.7. The smallest absolute Gasteiger partial charge is 0.283 e. The normalized spacial score (nSPS) is 11.6. The zero-order valence-electron chi connectivity index (χ0n) is 8.52. The Bertz CT molecular complexity index is 399. The summed E-state index contributed by atoms with van der Waals surface area (Å²) >= 11 is 0. The lowest BCUT2D eigenvalue weighted by atomic mass is 10.2. The van der Waals surface area contributed by atoms with Crippen LogP contribution in [0.25, 0.3) is 0 Å². The number of nitrogens with one attached hydrogen (secondary N) is 2. The standard InChI is InChI=1S/C7H15N5O2S/c1-2-3-4-5-9-6-10-7(12-11-6)15(8,13)14/h2-5H2,1H3,(H2,8,13,14)(H2,9,10,11,12). The summed E-state index contributed by atoms with van der Waals surface area (Å²) in [6.45, 7) is 2.83. The lowest BCUT2D eigenvalue weighted by molar-refractivity contribution is 0.589. The molecule has 0 radical (unpaired) electrons. The molecule has 0 aromatic carbocycles. The number of sulfonamides is 1. The van der Waals surface area contributed by atoms with Crippen molar-refractivity contribution in [2.75, 3.05) is 11.9 Å². The van der Waals surface area contributed by atoms with Crippen molar-refractivity contribution >= 4 is 16.0 Å². The zero-order chi connectivity index (χ0) is 11.3. The summed E-state index contributed by atoms with van der Waals surface area (Å²) in [6.07, 6.45) is 3.24. The minimum Gasteiger partial charge on any atom is -0.355 e. The van der Waals surface area contributed by atoms with E-state index in [0.717, 1.165) is 25.8 Å². The first-order chi connectivity index (χ1) is 7.04. The van der Waals surface area contributed by atoms with E-state index in [-0.39, 0.29) is 5.16 Å². The van der Waals surface area contributed by atoms with Gasteiger partial charge in [0.2, 0.25) is 5.95 Å². The van der Waals surface area contributed by atoms with Gasteiger partial charge in [0, 0.05) is 6.54 Å². The molecular formula is C7H15N5O2S. The number of unbranched alkanes of at least 4 members (excludes halogenated alkanes) is 2. The zero-order valence-corrected chi connectivity index (χ0v) is 9.34. The summed E-state index contributed by atoms with van der Waals surface area (Å²) in [4.78, 5) is 3.69. The van der Waals surface area contributed by atoms with Gasteiger partial charge in [-0.05, 0) is 6.42 Å². The van der Waals surface area contributed by atoms with E-state index >= 15 is 0 Å². The van der Waals surface area contributed by atoms with Gasteiger partial charge in [0.15, 0.2) is 0 Å². The Morgan fingerprint density at radius 1 is 1.47 bits per heavy atom. The molecule has 4 N–H and O–H groups in total. The molecule has 0 unspecified atom stereocenters. The van der Waals surface area contributed by atoms with Crippen LogP contribution in [-0.2, 0) is 10.0 Å². The molecule has 0 amide bonds. The lowest BCUT2D eigenvalue weighted by Gasteiger charge is -1.99. The molecule has 0 saturated heterocycles. The molecular weight excluding hydrogens is 218 g/mol. The van der Waals surface area contributed by atoms with E-state index in [9.17, 15) is 8.42 Å². The summed E-state index contributed by atoms with van der Waals surface area (Å²) in [7, 11) is -3.81. The maximum atomic E-state index is 10.8. The van der Waals surface area contributed by atoms with Crippen LogP contribution in [0.2, 0.25) is 0 Å². The van der Waals surface area contributed by atoms with Crippen molar-refractivity contribution in [1.29, 1.82) is 0 Å². The molecule has 0 atom stereocenters. The SMILES string of the molecule is CCCCCNc1nc(S(N)(=O)=O)n[nH]1. The van der Waals surface area contributed by atoms with Crippen molar-refractivity contribution in [3.8, 4) is 0 Å². The van der Waals surface area contributed by atoms with Gasteiger partial charge in [0.25, 0.3) is 15.2 Å². The van der Waals surface area contributed by atoms with Gasteiger partial charge < -0.3 is 5.32 Å². The Labute approximate surface area is 88.5 Å². The molecule has 1 heterocycles. The average molecular weight is 233 g/mol. The Balaban J connectivity index is 2.47. The number of anilines is 1. The van der Waals surface area contributed by atoms with E-state index in [1.165, 1.54) is 0 Å². The van der Waals surface area contributed by atoms with Crippen LogP contribution in [0, 0.1) is 0 Å². The number of hydrogen-bond acceptors (Lipinski definition) is 5. The maximum absolute atomic E-state index is 10.8. The molecule has 0 fully saturated rings. The number of nitrogens with two attached hydrogens (primary N) is 1. The fourth-order valence-corrected chi connectivity index (χ4v) is 1.43. The van der Waals surface area contributed by atoms with Crippen molar-refractivity contribution in [3.63, 3.8) is 0 Å². The Hall–Kier alpha value is -1.15. The van der Waals surface area contributed by atoms with Crippen molar-refractivity contribution in [2.45, 2.75) is 31.3 Å². The van der Waals surface area contributed by atoms with E-state index in [2.05, 4.69) is 27.4 Å². The van der Waals surface area contributed by atoms with E-state index in [1.54, 1.807) is 0 Å². The number of aromatic amines is 1.